The Balaban J connectivity index is 1.92. The fourth-order valence-corrected chi connectivity index (χ4v) is 6.54. The predicted molar refractivity (Wildman–Crippen MR) is 173 cm³/mol. The van der Waals surface area contributed by atoms with Gasteiger partial charge < -0.3 is 40.7 Å². The number of sulfone groups is 1. The van der Waals surface area contributed by atoms with Gasteiger partial charge in [0.1, 0.15) is 18.0 Å². The van der Waals surface area contributed by atoms with Crippen molar-refractivity contribution in [1.82, 2.24) is 9.80 Å². The van der Waals surface area contributed by atoms with Gasteiger partial charge in [-0.1, -0.05) is 13.0 Å². The highest BCUT2D eigenvalue weighted by molar-refractivity contribution is 7.91. The number of hydrogen-bond donors (Lipinski definition) is 4. The van der Waals surface area contributed by atoms with E-state index in [-0.39, 0.29) is 57.4 Å². The molecular weight excluding hydrogens is 668 g/mol. The maximum absolute atomic E-state index is 15.1. The standard InChI is InChI=1S/C32H35F2N5O9S/c1-5-49(45,46)26-11-8-19(36-31(42)38(2)3)16-20(26)28-24(48-32(43)44)12-13-39(28)30(41)27(17-6-10-22(34)25(15-17)47-4)37-23-14-18(29(35)40)7-9-21(23)33/h6-11,14-16,24,27-28,37H,5,12-13H2,1-4H3,(H2,35,40)(H,36,42)(H,43,44)/t24-,27-,28+/m0/s1. The van der Waals surface area contributed by atoms with Crippen molar-refractivity contribution in [1.29, 1.82) is 0 Å². The van der Waals surface area contributed by atoms with E-state index in [1.165, 1.54) is 68.3 Å². The Labute approximate surface area is 280 Å². The summed E-state index contributed by atoms with van der Waals surface area (Å²) in [7, 11) is 0.157. The second kappa shape index (κ2) is 14.8. The van der Waals surface area contributed by atoms with Gasteiger partial charge in [-0.3, -0.25) is 9.59 Å². The number of amides is 4. The van der Waals surface area contributed by atoms with Crippen LogP contribution in [0.5, 0.6) is 5.75 Å². The summed E-state index contributed by atoms with van der Waals surface area (Å²) in [4.78, 5) is 53.0. The summed E-state index contributed by atoms with van der Waals surface area (Å²) in [5.74, 6) is -3.96. The third-order valence-electron chi connectivity index (χ3n) is 7.88. The quantitative estimate of drug-likeness (QED) is 0.211. The Morgan fingerprint density at radius 3 is 2.37 bits per heavy atom. The van der Waals surface area contributed by atoms with Crippen molar-refractivity contribution in [2.24, 2.45) is 5.73 Å². The molecule has 1 heterocycles. The van der Waals surface area contributed by atoms with Crippen LogP contribution in [0.1, 0.15) is 46.9 Å². The number of anilines is 2. The topological polar surface area (TPSA) is 198 Å². The van der Waals surface area contributed by atoms with Crippen molar-refractivity contribution in [3.63, 3.8) is 0 Å². The number of urea groups is 1. The Morgan fingerprint density at radius 1 is 1.06 bits per heavy atom. The fourth-order valence-electron chi connectivity index (χ4n) is 5.42. The average molecular weight is 704 g/mol. The highest BCUT2D eigenvalue weighted by Crippen LogP contribution is 2.41. The van der Waals surface area contributed by atoms with Crippen LogP contribution >= 0.6 is 0 Å². The number of rotatable bonds is 11. The third-order valence-corrected chi connectivity index (χ3v) is 9.69. The van der Waals surface area contributed by atoms with Gasteiger partial charge in [-0.05, 0) is 59.7 Å². The molecule has 0 saturated carbocycles. The molecule has 3 atom stereocenters. The van der Waals surface area contributed by atoms with E-state index in [9.17, 15) is 37.1 Å². The molecule has 0 aromatic heterocycles. The number of methoxy groups -OCH3 is 1. The van der Waals surface area contributed by atoms with E-state index in [1.54, 1.807) is 0 Å². The summed E-state index contributed by atoms with van der Waals surface area (Å²) < 4.78 is 66.6. The molecule has 49 heavy (non-hydrogen) atoms. The van der Waals surface area contributed by atoms with Crippen LogP contribution in [0.25, 0.3) is 0 Å². The average Bonchev–Trinajstić information content (AvgIpc) is 3.46. The number of hydrogen-bond acceptors (Lipinski definition) is 9. The van der Waals surface area contributed by atoms with Crippen LogP contribution in [0.2, 0.25) is 0 Å². The SMILES string of the molecule is CCS(=O)(=O)c1ccc(NC(=O)N(C)C)cc1[C@@H]1[C@@H](OC(=O)O)CCN1C(=O)[C@@H](Nc1cc(C(N)=O)ccc1F)c1ccc(F)c(OC)c1. The first kappa shape index (κ1) is 36.4. The number of carbonyl (C=O) groups is 4. The van der Waals surface area contributed by atoms with Gasteiger partial charge in [-0.2, -0.15) is 0 Å². The normalized spacial score (nSPS) is 16.4. The van der Waals surface area contributed by atoms with E-state index in [4.69, 9.17) is 15.2 Å². The molecule has 0 spiro atoms. The van der Waals surface area contributed by atoms with E-state index in [0.717, 1.165) is 24.3 Å². The molecule has 1 aliphatic heterocycles. The molecule has 1 aliphatic rings. The monoisotopic (exact) mass is 703 g/mol. The summed E-state index contributed by atoms with van der Waals surface area (Å²) in [5.41, 5.74) is 5.13. The van der Waals surface area contributed by atoms with Gasteiger partial charge in [0.05, 0.1) is 29.5 Å². The number of carboxylic acid groups (broad SMARTS) is 1. The molecule has 17 heteroatoms. The molecule has 4 amide bonds. The number of primary amides is 1. The first-order valence-corrected chi connectivity index (χ1v) is 16.5. The maximum atomic E-state index is 15.1. The Morgan fingerprint density at radius 2 is 1.76 bits per heavy atom. The van der Waals surface area contributed by atoms with Crippen molar-refractivity contribution >= 4 is 45.2 Å². The molecule has 3 aromatic carbocycles. The lowest BCUT2D eigenvalue weighted by Gasteiger charge is -2.33. The van der Waals surface area contributed by atoms with Crippen LogP contribution < -0.4 is 21.1 Å². The number of nitrogens with two attached hydrogens (primary N) is 1. The minimum Gasteiger partial charge on any atom is -0.494 e. The molecule has 5 N–H and O–H groups in total. The van der Waals surface area contributed by atoms with Crippen LogP contribution in [-0.4, -0.2) is 86.9 Å². The van der Waals surface area contributed by atoms with Crippen LogP contribution in [0.4, 0.5) is 29.7 Å². The minimum atomic E-state index is -4.01. The number of halogens is 2. The van der Waals surface area contributed by atoms with Gasteiger partial charge in [0.15, 0.2) is 21.4 Å². The Hall–Kier alpha value is -5.45. The van der Waals surface area contributed by atoms with Crippen LogP contribution in [0.15, 0.2) is 59.5 Å². The van der Waals surface area contributed by atoms with E-state index in [1.807, 2.05) is 0 Å². The third kappa shape index (κ3) is 7.99. The summed E-state index contributed by atoms with van der Waals surface area (Å²) in [6, 6.07) is 7.09. The highest BCUT2D eigenvalue weighted by atomic mass is 32.2. The minimum absolute atomic E-state index is 0.0483. The highest BCUT2D eigenvalue weighted by Gasteiger charge is 2.45. The lowest BCUT2D eigenvalue weighted by molar-refractivity contribution is -0.134. The molecule has 0 unspecified atom stereocenters. The number of benzene rings is 3. The van der Waals surface area contributed by atoms with Crippen LogP contribution in [0, 0.1) is 11.6 Å². The Kier molecular flexibility index (Phi) is 11.0. The van der Waals surface area contributed by atoms with E-state index in [0.29, 0.717) is 0 Å². The molecule has 1 saturated heterocycles. The zero-order chi connectivity index (χ0) is 36.2. The zero-order valence-corrected chi connectivity index (χ0v) is 27.7. The van der Waals surface area contributed by atoms with Crippen molar-refractivity contribution in [2.75, 3.05) is 44.1 Å². The van der Waals surface area contributed by atoms with E-state index < -0.39 is 63.7 Å². The molecule has 14 nitrogen and oxygen atoms in total. The maximum Gasteiger partial charge on any atom is 0.506 e. The molecule has 0 radical (unpaired) electrons. The van der Waals surface area contributed by atoms with Gasteiger partial charge in [0, 0.05) is 38.3 Å². The zero-order valence-electron chi connectivity index (χ0n) is 26.9. The number of nitrogens with one attached hydrogen (secondary N) is 2. The second-order valence-electron chi connectivity index (χ2n) is 11.2. The largest absolute Gasteiger partial charge is 0.506 e. The van der Waals surface area contributed by atoms with E-state index >= 15 is 4.39 Å². The molecule has 0 bridgehead atoms. The van der Waals surface area contributed by atoms with Crippen molar-refractivity contribution in [3.05, 3.63) is 82.9 Å². The van der Waals surface area contributed by atoms with Crippen molar-refractivity contribution < 1.29 is 51.0 Å². The first-order valence-electron chi connectivity index (χ1n) is 14.8. The Bertz CT molecular complexity index is 1890. The number of ether oxygens (including phenoxy) is 2. The molecular formula is C32H35F2N5O9S. The molecule has 0 aliphatic carbocycles. The lowest BCUT2D eigenvalue weighted by Crippen LogP contribution is -2.40. The number of carbonyl (C=O) groups excluding carboxylic acids is 3. The van der Waals surface area contributed by atoms with Gasteiger partial charge >= 0.3 is 12.2 Å². The lowest BCUT2D eigenvalue weighted by atomic mass is 9.99. The molecule has 4 rings (SSSR count). The summed E-state index contributed by atoms with van der Waals surface area (Å²) in [6.07, 6.45) is -3.05. The first-order chi connectivity index (χ1) is 23.1. The van der Waals surface area contributed by atoms with Gasteiger partial charge in [0.2, 0.25) is 11.8 Å². The number of likely N-dealkylation sites (tertiary alicyclic amines) is 1. The fraction of sp³-hybridized carbons (Fsp3) is 0.312. The van der Waals surface area contributed by atoms with Gasteiger partial charge in [-0.25, -0.2) is 26.8 Å². The van der Waals surface area contributed by atoms with Gasteiger partial charge in [0.25, 0.3) is 0 Å². The molecule has 262 valence electrons. The molecule has 3 aromatic rings. The number of nitrogens with zero attached hydrogens (tertiary/aromatic N) is 2. The summed E-state index contributed by atoms with van der Waals surface area (Å²) >= 11 is 0. The second-order valence-corrected chi connectivity index (χ2v) is 13.4. The molecule has 1 fully saturated rings. The van der Waals surface area contributed by atoms with Gasteiger partial charge in [-0.15, -0.1) is 0 Å². The van der Waals surface area contributed by atoms with Crippen LogP contribution in [0.3, 0.4) is 0 Å². The summed E-state index contributed by atoms with van der Waals surface area (Å²) in [5, 5.41) is 15.0. The summed E-state index contributed by atoms with van der Waals surface area (Å²) in [6.45, 7) is 1.24. The van der Waals surface area contributed by atoms with Crippen molar-refractivity contribution in [2.45, 2.75) is 36.4 Å². The van der Waals surface area contributed by atoms with Crippen molar-refractivity contribution in [3.8, 4) is 5.75 Å². The predicted octanol–water partition coefficient (Wildman–Crippen LogP) is 4.15. The van der Waals surface area contributed by atoms with E-state index in [2.05, 4.69) is 10.6 Å². The smallest absolute Gasteiger partial charge is 0.494 e. The van der Waals surface area contributed by atoms with Crippen LogP contribution in [-0.2, 0) is 19.4 Å².